The quantitative estimate of drug-likeness (QED) is 0.828. The number of rotatable bonds is 2. The summed E-state index contributed by atoms with van der Waals surface area (Å²) in [6.07, 6.45) is 3.41. The third-order valence-electron chi connectivity index (χ3n) is 3.91. The molecule has 1 aliphatic carbocycles. The zero-order valence-electron chi connectivity index (χ0n) is 10.5. The van der Waals surface area contributed by atoms with Crippen LogP contribution in [0.4, 0.5) is 4.39 Å². The highest BCUT2D eigenvalue weighted by molar-refractivity contribution is 5.32. The minimum Gasteiger partial charge on any atom is -0.385 e. The molecule has 94 valence electrons. The van der Waals surface area contributed by atoms with E-state index in [1.165, 1.54) is 12.1 Å². The van der Waals surface area contributed by atoms with Crippen LogP contribution in [0.2, 0.25) is 0 Å². The van der Waals surface area contributed by atoms with Crippen LogP contribution in [0, 0.1) is 12.7 Å². The van der Waals surface area contributed by atoms with Crippen molar-refractivity contribution in [1.82, 2.24) is 5.32 Å². The first-order chi connectivity index (χ1) is 8.05. The van der Waals surface area contributed by atoms with E-state index in [-0.39, 0.29) is 5.82 Å². The molecule has 0 bridgehead atoms. The van der Waals surface area contributed by atoms with Crippen LogP contribution in [-0.2, 0) is 5.60 Å². The van der Waals surface area contributed by atoms with E-state index in [0.29, 0.717) is 6.04 Å². The standard InChI is InChI=1S/C14H20FNO/c1-10-9-11(15)3-4-13(10)14(17)7-5-12(16-2)6-8-14/h3-4,9,12,16-17H,5-8H2,1-2H3. The fraction of sp³-hybridized carbons (Fsp3) is 0.571. The van der Waals surface area contributed by atoms with Gasteiger partial charge in [-0.2, -0.15) is 0 Å². The van der Waals surface area contributed by atoms with Gasteiger partial charge in [0.15, 0.2) is 0 Å². The molecule has 0 spiro atoms. The van der Waals surface area contributed by atoms with E-state index < -0.39 is 5.60 Å². The van der Waals surface area contributed by atoms with Crippen LogP contribution >= 0.6 is 0 Å². The molecule has 1 aliphatic rings. The summed E-state index contributed by atoms with van der Waals surface area (Å²) in [7, 11) is 1.96. The highest BCUT2D eigenvalue weighted by Gasteiger charge is 2.35. The minimum atomic E-state index is -0.773. The zero-order valence-corrected chi connectivity index (χ0v) is 10.5. The van der Waals surface area contributed by atoms with Crippen molar-refractivity contribution < 1.29 is 9.50 Å². The predicted molar refractivity (Wildman–Crippen MR) is 66.3 cm³/mol. The molecular formula is C14H20FNO. The molecule has 1 aromatic carbocycles. The van der Waals surface area contributed by atoms with E-state index in [1.807, 2.05) is 14.0 Å². The van der Waals surface area contributed by atoms with Crippen molar-refractivity contribution in [2.75, 3.05) is 7.05 Å². The van der Waals surface area contributed by atoms with Crippen LogP contribution in [0.25, 0.3) is 0 Å². The van der Waals surface area contributed by atoms with Crippen molar-refractivity contribution in [2.24, 2.45) is 0 Å². The number of hydrogen-bond acceptors (Lipinski definition) is 2. The molecule has 0 saturated heterocycles. The lowest BCUT2D eigenvalue weighted by Gasteiger charge is -2.37. The van der Waals surface area contributed by atoms with Gasteiger partial charge in [-0.25, -0.2) is 4.39 Å². The van der Waals surface area contributed by atoms with Gasteiger partial charge in [-0.15, -0.1) is 0 Å². The molecule has 0 aromatic heterocycles. The maximum absolute atomic E-state index is 13.1. The van der Waals surface area contributed by atoms with Gasteiger partial charge < -0.3 is 10.4 Å². The van der Waals surface area contributed by atoms with Crippen LogP contribution in [0.5, 0.6) is 0 Å². The normalized spacial score (nSPS) is 29.3. The van der Waals surface area contributed by atoms with Crippen molar-refractivity contribution in [3.63, 3.8) is 0 Å². The first kappa shape index (κ1) is 12.5. The lowest BCUT2D eigenvalue weighted by molar-refractivity contribution is -0.00820. The van der Waals surface area contributed by atoms with E-state index in [2.05, 4.69) is 5.32 Å². The topological polar surface area (TPSA) is 32.3 Å². The van der Waals surface area contributed by atoms with Crippen molar-refractivity contribution in [3.05, 3.63) is 35.1 Å². The second-order valence-corrected chi connectivity index (χ2v) is 5.05. The van der Waals surface area contributed by atoms with Crippen LogP contribution in [0.3, 0.4) is 0 Å². The molecule has 3 heteroatoms. The van der Waals surface area contributed by atoms with Crippen LogP contribution in [0.1, 0.15) is 36.8 Å². The first-order valence-corrected chi connectivity index (χ1v) is 6.21. The highest BCUT2D eigenvalue weighted by Crippen LogP contribution is 2.38. The number of hydrogen-bond donors (Lipinski definition) is 2. The van der Waals surface area contributed by atoms with E-state index in [0.717, 1.165) is 36.8 Å². The average Bonchev–Trinajstić information content (AvgIpc) is 2.29. The van der Waals surface area contributed by atoms with Crippen LogP contribution in [-0.4, -0.2) is 18.2 Å². The van der Waals surface area contributed by atoms with E-state index >= 15 is 0 Å². The molecular weight excluding hydrogens is 217 g/mol. The third-order valence-corrected chi connectivity index (χ3v) is 3.91. The Hall–Kier alpha value is -0.930. The average molecular weight is 237 g/mol. The monoisotopic (exact) mass is 237 g/mol. The Morgan fingerprint density at radius 1 is 1.35 bits per heavy atom. The molecule has 1 aromatic rings. The maximum Gasteiger partial charge on any atom is 0.123 e. The van der Waals surface area contributed by atoms with Gasteiger partial charge in [0, 0.05) is 6.04 Å². The van der Waals surface area contributed by atoms with Crippen molar-refractivity contribution in [1.29, 1.82) is 0 Å². The summed E-state index contributed by atoms with van der Waals surface area (Å²) in [4.78, 5) is 0. The second-order valence-electron chi connectivity index (χ2n) is 5.05. The summed E-state index contributed by atoms with van der Waals surface area (Å²) in [5, 5.41) is 13.9. The molecule has 0 heterocycles. The van der Waals surface area contributed by atoms with Gasteiger partial charge in [0.2, 0.25) is 0 Å². The van der Waals surface area contributed by atoms with Gasteiger partial charge in [-0.05, 0) is 62.9 Å². The molecule has 0 aliphatic heterocycles. The summed E-state index contributed by atoms with van der Waals surface area (Å²) >= 11 is 0. The largest absolute Gasteiger partial charge is 0.385 e. The SMILES string of the molecule is CNC1CCC(O)(c2ccc(F)cc2C)CC1. The molecule has 2 N–H and O–H groups in total. The molecule has 2 rings (SSSR count). The smallest absolute Gasteiger partial charge is 0.123 e. The zero-order chi connectivity index (χ0) is 12.5. The molecule has 2 nitrogen and oxygen atoms in total. The van der Waals surface area contributed by atoms with Gasteiger partial charge in [-0.3, -0.25) is 0 Å². The molecule has 17 heavy (non-hydrogen) atoms. The molecule has 1 fully saturated rings. The number of nitrogens with one attached hydrogen (secondary N) is 1. The number of aryl methyl sites for hydroxylation is 1. The van der Waals surface area contributed by atoms with Gasteiger partial charge in [0.25, 0.3) is 0 Å². The lowest BCUT2D eigenvalue weighted by Crippen LogP contribution is -2.38. The summed E-state index contributed by atoms with van der Waals surface area (Å²) in [5.74, 6) is -0.237. The number of halogens is 1. The first-order valence-electron chi connectivity index (χ1n) is 6.21. The molecule has 0 radical (unpaired) electrons. The number of aliphatic hydroxyl groups is 1. The van der Waals surface area contributed by atoms with E-state index in [1.54, 1.807) is 6.07 Å². The lowest BCUT2D eigenvalue weighted by atomic mass is 9.76. The van der Waals surface area contributed by atoms with Crippen molar-refractivity contribution >= 4 is 0 Å². The third kappa shape index (κ3) is 2.50. The fourth-order valence-corrected chi connectivity index (χ4v) is 2.80. The Morgan fingerprint density at radius 2 is 2.00 bits per heavy atom. The highest BCUT2D eigenvalue weighted by atomic mass is 19.1. The van der Waals surface area contributed by atoms with Crippen molar-refractivity contribution in [2.45, 2.75) is 44.2 Å². The second kappa shape index (κ2) is 4.75. The van der Waals surface area contributed by atoms with Gasteiger partial charge in [0.05, 0.1) is 5.60 Å². The predicted octanol–water partition coefficient (Wildman–Crippen LogP) is 2.48. The number of benzene rings is 1. The van der Waals surface area contributed by atoms with Crippen molar-refractivity contribution in [3.8, 4) is 0 Å². The van der Waals surface area contributed by atoms with E-state index in [9.17, 15) is 9.50 Å². The Labute approximate surface area is 102 Å². The minimum absolute atomic E-state index is 0.237. The Bertz CT molecular complexity index is 397. The maximum atomic E-state index is 13.1. The molecule has 0 atom stereocenters. The molecule has 1 saturated carbocycles. The summed E-state index contributed by atoms with van der Waals surface area (Å²) in [5.41, 5.74) is 0.953. The molecule has 0 unspecified atom stereocenters. The van der Waals surface area contributed by atoms with E-state index in [4.69, 9.17) is 0 Å². The van der Waals surface area contributed by atoms with Gasteiger partial charge in [-0.1, -0.05) is 6.07 Å². The van der Waals surface area contributed by atoms with Crippen LogP contribution < -0.4 is 5.32 Å². The summed E-state index contributed by atoms with van der Waals surface area (Å²) < 4.78 is 13.1. The Morgan fingerprint density at radius 3 is 2.53 bits per heavy atom. The fourth-order valence-electron chi connectivity index (χ4n) is 2.80. The Balaban J connectivity index is 2.21. The van der Waals surface area contributed by atoms with Crippen LogP contribution in [0.15, 0.2) is 18.2 Å². The summed E-state index contributed by atoms with van der Waals surface area (Å²) in [6.45, 7) is 1.86. The van der Waals surface area contributed by atoms with Gasteiger partial charge >= 0.3 is 0 Å². The summed E-state index contributed by atoms with van der Waals surface area (Å²) in [6, 6.07) is 5.16. The Kier molecular flexibility index (Phi) is 3.50. The molecule has 0 amide bonds. The van der Waals surface area contributed by atoms with Gasteiger partial charge in [0.1, 0.15) is 5.82 Å².